The minimum absolute atomic E-state index is 0. The average molecular weight is 548 g/mol. The van der Waals surface area contributed by atoms with Crippen LogP contribution in [0.4, 0.5) is 0 Å². The van der Waals surface area contributed by atoms with Crippen molar-refractivity contribution in [2.45, 2.75) is 44.9 Å². The Kier molecular flexibility index (Phi) is 12.2. The maximum absolute atomic E-state index is 5.88. The van der Waals surface area contributed by atoms with E-state index in [4.69, 9.17) is 9.68 Å². The number of hydrogen-bond acceptors (Lipinski definition) is 6. The lowest BCUT2D eigenvalue weighted by Crippen LogP contribution is -2.32. The van der Waals surface area contributed by atoms with Gasteiger partial charge in [0.05, 0.1) is 11.4 Å². The van der Waals surface area contributed by atoms with Crippen LogP contribution in [0.3, 0.4) is 0 Å². The van der Waals surface area contributed by atoms with Crippen molar-refractivity contribution in [3.63, 3.8) is 0 Å². The summed E-state index contributed by atoms with van der Waals surface area (Å²) in [5, 5.41) is 9.30. The summed E-state index contributed by atoms with van der Waals surface area (Å²) < 4.78 is 0. The second kappa shape index (κ2) is 15.3. The molecule has 0 aromatic heterocycles. The van der Waals surface area contributed by atoms with E-state index >= 15 is 0 Å². The number of nitrogens with zero attached hydrogens (tertiary/aromatic N) is 4. The Morgan fingerprint density at radius 2 is 0.919 bits per heavy atom. The summed E-state index contributed by atoms with van der Waals surface area (Å²) in [6.07, 6.45) is 8.44. The van der Waals surface area contributed by atoms with Gasteiger partial charge in [0.25, 0.3) is 0 Å². The number of fused-ring (bicyclic) bond motifs is 3. The maximum Gasteiger partial charge on any atom is 0.129 e. The van der Waals surface area contributed by atoms with Gasteiger partial charge in [0.15, 0.2) is 0 Å². The zero-order chi connectivity index (χ0) is 23.7. The Morgan fingerprint density at radius 1 is 0.541 bits per heavy atom. The minimum Gasteiger partial charge on any atom is -0.394 e. The van der Waals surface area contributed by atoms with Crippen LogP contribution in [0, 0.1) is 0 Å². The topological polar surface area (TPSA) is 49.7 Å². The number of likely N-dealkylation sites (tertiary alicyclic amines) is 2. The first-order valence-corrected chi connectivity index (χ1v) is 13.4. The molecule has 1 aliphatic carbocycles. The molecule has 202 valence electrons. The molecule has 2 fully saturated rings. The molecule has 0 spiro atoms. The van der Waals surface area contributed by atoms with Crippen LogP contribution >= 0.6 is 24.8 Å². The lowest BCUT2D eigenvalue weighted by molar-refractivity contribution is 0.101. The number of halogens is 2. The summed E-state index contributed by atoms with van der Waals surface area (Å²) in [6, 6.07) is 16.9. The smallest absolute Gasteiger partial charge is 0.129 e. The highest BCUT2D eigenvalue weighted by atomic mass is 35.5. The molecule has 2 aromatic rings. The molecule has 0 radical (unpaired) electrons. The molecule has 0 saturated carbocycles. The molecule has 2 saturated heterocycles. The van der Waals surface area contributed by atoms with Gasteiger partial charge >= 0.3 is 0 Å². The van der Waals surface area contributed by atoms with Crippen molar-refractivity contribution in [3.8, 4) is 11.1 Å². The second-order valence-corrected chi connectivity index (χ2v) is 9.81. The SMILES string of the molecule is Cl.Cl.c1ccc2c(c1)C(=NOCCN1CCCCC1)CC(=NOCCN1CCCCC1)c1ccccc1-2. The van der Waals surface area contributed by atoms with E-state index in [-0.39, 0.29) is 24.8 Å². The Labute approximate surface area is 233 Å². The predicted octanol–water partition coefficient (Wildman–Crippen LogP) is 6.01. The van der Waals surface area contributed by atoms with Gasteiger partial charge in [0, 0.05) is 30.6 Å². The van der Waals surface area contributed by atoms with Crippen molar-refractivity contribution in [2.24, 2.45) is 10.3 Å². The van der Waals surface area contributed by atoms with Gasteiger partial charge < -0.3 is 9.68 Å². The molecule has 37 heavy (non-hydrogen) atoms. The first-order valence-electron chi connectivity index (χ1n) is 13.4. The third kappa shape index (κ3) is 7.93. The molecular formula is C29H40Cl2N4O2. The highest BCUT2D eigenvalue weighted by Crippen LogP contribution is 2.33. The number of rotatable bonds is 8. The van der Waals surface area contributed by atoms with Crippen molar-refractivity contribution < 1.29 is 9.68 Å². The van der Waals surface area contributed by atoms with Gasteiger partial charge in [-0.25, -0.2) is 0 Å². The molecule has 0 N–H and O–H groups in total. The van der Waals surface area contributed by atoms with Crippen LogP contribution < -0.4 is 0 Å². The molecular weight excluding hydrogens is 507 g/mol. The highest BCUT2D eigenvalue weighted by molar-refractivity contribution is 6.24. The van der Waals surface area contributed by atoms with Crippen LogP contribution in [0.25, 0.3) is 11.1 Å². The van der Waals surface area contributed by atoms with Gasteiger partial charge in [0.1, 0.15) is 13.2 Å². The first-order chi connectivity index (χ1) is 17.4. The van der Waals surface area contributed by atoms with Gasteiger partial charge in [-0.15, -0.1) is 24.8 Å². The molecule has 0 amide bonds. The Bertz CT molecular complexity index is 953. The third-order valence-electron chi connectivity index (χ3n) is 7.35. The van der Waals surface area contributed by atoms with Crippen LogP contribution in [0.5, 0.6) is 0 Å². The van der Waals surface area contributed by atoms with E-state index in [1.807, 2.05) is 0 Å². The first kappa shape index (κ1) is 29.4. The molecule has 2 heterocycles. The third-order valence-corrected chi connectivity index (χ3v) is 7.35. The molecule has 2 aliphatic heterocycles. The number of piperidine rings is 2. The lowest BCUT2D eigenvalue weighted by atomic mass is 9.96. The van der Waals surface area contributed by atoms with Gasteiger partial charge in [-0.2, -0.15) is 0 Å². The predicted molar refractivity (Wildman–Crippen MR) is 157 cm³/mol. The van der Waals surface area contributed by atoms with E-state index in [1.165, 1.54) is 75.8 Å². The summed E-state index contributed by atoms with van der Waals surface area (Å²) in [5.74, 6) is 0. The molecule has 8 heteroatoms. The normalized spacial score (nSPS) is 20.2. The van der Waals surface area contributed by atoms with Gasteiger partial charge in [0.2, 0.25) is 0 Å². The van der Waals surface area contributed by atoms with E-state index < -0.39 is 0 Å². The second-order valence-electron chi connectivity index (χ2n) is 9.81. The average Bonchev–Trinajstić information content (AvgIpc) is 3.05. The van der Waals surface area contributed by atoms with E-state index in [0.29, 0.717) is 19.6 Å². The summed E-state index contributed by atoms with van der Waals surface area (Å²) in [6.45, 7) is 7.76. The maximum atomic E-state index is 5.88. The lowest BCUT2D eigenvalue weighted by Gasteiger charge is -2.25. The summed E-state index contributed by atoms with van der Waals surface area (Å²) in [5.41, 5.74) is 6.37. The van der Waals surface area contributed by atoms with Crippen molar-refractivity contribution in [1.29, 1.82) is 0 Å². The summed E-state index contributed by atoms with van der Waals surface area (Å²) >= 11 is 0. The number of benzene rings is 2. The van der Waals surface area contributed by atoms with Crippen molar-refractivity contribution in [3.05, 3.63) is 59.7 Å². The van der Waals surface area contributed by atoms with Gasteiger partial charge in [-0.3, -0.25) is 9.80 Å². The van der Waals surface area contributed by atoms with Crippen molar-refractivity contribution in [2.75, 3.05) is 52.5 Å². The van der Waals surface area contributed by atoms with E-state index in [1.54, 1.807) is 0 Å². The van der Waals surface area contributed by atoms with Crippen LogP contribution in [0.2, 0.25) is 0 Å². The molecule has 0 unspecified atom stereocenters. The monoisotopic (exact) mass is 546 g/mol. The summed E-state index contributed by atoms with van der Waals surface area (Å²) in [4.78, 5) is 16.7. The van der Waals surface area contributed by atoms with Crippen LogP contribution in [0.15, 0.2) is 58.8 Å². The van der Waals surface area contributed by atoms with Crippen molar-refractivity contribution in [1.82, 2.24) is 9.80 Å². The minimum atomic E-state index is 0. The molecule has 0 bridgehead atoms. The largest absolute Gasteiger partial charge is 0.394 e. The van der Waals surface area contributed by atoms with Crippen molar-refractivity contribution >= 4 is 36.2 Å². The number of hydrogen-bond donors (Lipinski definition) is 0. The van der Waals surface area contributed by atoms with Crippen LogP contribution in [0.1, 0.15) is 56.1 Å². The fraction of sp³-hybridized carbons (Fsp3) is 0.517. The molecule has 3 aliphatic rings. The molecule has 2 aromatic carbocycles. The quantitative estimate of drug-likeness (QED) is 0.300. The Balaban J connectivity index is 0.00000190. The van der Waals surface area contributed by atoms with Crippen LogP contribution in [-0.2, 0) is 9.68 Å². The van der Waals surface area contributed by atoms with Crippen LogP contribution in [-0.4, -0.2) is 73.7 Å². The highest BCUT2D eigenvalue weighted by Gasteiger charge is 2.24. The fourth-order valence-corrected chi connectivity index (χ4v) is 5.40. The van der Waals surface area contributed by atoms with E-state index in [9.17, 15) is 0 Å². The number of oxime groups is 2. The molecule has 0 atom stereocenters. The Hall–Kier alpha value is -2.12. The summed E-state index contributed by atoms with van der Waals surface area (Å²) in [7, 11) is 0. The standard InChI is InChI=1S/C29H38N4O2.2ClH/c1-7-15-32(16-8-1)19-21-34-30-28-23-29(31-35-22-20-33-17-9-2-10-18-33)27-14-6-4-12-25(27)24-11-3-5-13-26(24)28;;/h3-6,11-14H,1-2,7-10,15-23H2;2*1H. The zero-order valence-corrected chi connectivity index (χ0v) is 23.3. The fourth-order valence-electron chi connectivity index (χ4n) is 5.40. The van der Waals surface area contributed by atoms with E-state index in [0.717, 1.165) is 35.6 Å². The Morgan fingerprint density at radius 3 is 1.32 bits per heavy atom. The zero-order valence-electron chi connectivity index (χ0n) is 21.6. The molecule has 6 nitrogen and oxygen atoms in total. The van der Waals surface area contributed by atoms with Gasteiger partial charge in [-0.05, 0) is 63.0 Å². The molecule has 5 rings (SSSR count). The van der Waals surface area contributed by atoms with Gasteiger partial charge in [-0.1, -0.05) is 71.7 Å². The van der Waals surface area contributed by atoms with E-state index in [2.05, 4.69) is 68.6 Å².